The third kappa shape index (κ3) is 10.5. The third-order valence-corrected chi connectivity index (χ3v) is 7.03. The van der Waals surface area contributed by atoms with Gasteiger partial charge in [0.15, 0.2) is 0 Å². The summed E-state index contributed by atoms with van der Waals surface area (Å²) in [6, 6.07) is 10.3. The summed E-state index contributed by atoms with van der Waals surface area (Å²) < 4.78 is 11.8. The minimum absolute atomic E-state index is 0.0652. The number of hydrogen-bond acceptors (Lipinski definition) is 7. The molecule has 3 atom stereocenters. The lowest BCUT2D eigenvalue weighted by Gasteiger charge is -2.42. The molecule has 1 N–H and O–H groups in total. The molecule has 0 spiro atoms. The van der Waals surface area contributed by atoms with E-state index < -0.39 is 22.8 Å². The summed E-state index contributed by atoms with van der Waals surface area (Å²) in [4.78, 5) is 38.4. The normalized spacial score (nSPS) is 23.6. The molecule has 3 amide bonds. The highest BCUT2D eigenvalue weighted by molar-refractivity contribution is 14.1. The summed E-state index contributed by atoms with van der Waals surface area (Å²) in [5.41, 5.74) is -0.791. The molecule has 1 aromatic carbocycles. The number of nitrogens with one attached hydrogen (secondary N) is 1. The lowest BCUT2D eigenvalue weighted by Crippen LogP contribution is -2.55. The minimum Gasteiger partial charge on any atom is -0.444 e. The molecule has 216 valence electrons. The van der Waals surface area contributed by atoms with Crippen LogP contribution in [0.5, 0.6) is 0 Å². The molecule has 10 heteroatoms. The number of nitriles is 1. The average molecular weight is 655 g/mol. The molecule has 0 aromatic heterocycles. The Morgan fingerprint density at radius 2 is 1.59 bits per heavy atom. The first-order valence-corrected chi connectivity index (χ1v) is 14.5. The fourth-order valence-electron chi connectivity index (χ4n) is 4.39. The number of anilines is 1. The van der Waals surface area contributed by atoms with E-state index in [2.05, 4.69) is 34.0 Å². The molecular weight excluding hydrogens is 611 g/mol. The molecule has 2 fully saturated rings. The van der Waals surface area contributed by atoms with Crippen molar-refractivity contribution in [2.45, 2.75) is 104 Å². The quantitative estimate of drug-likeness (QED) is 0.360. The zero-order chi connectivity index (χ0) is 29.6. The van der Waals surface area contributed by atoms with E-state index in [1.54, 1.807) is 25.7 Å². The van der Waals surface area contributed by atoms with Crippen molar-refractivity contribution < 1.29 is 23.9 Å². The van der Waals surface area contributed by atoms with E-state index in [4.69, 9.17) is 9.47 Å². The number of nitrogens with zero attached hydrogens (tertiary/aromatic N) is 3. The Balaban J connectivity index is 0.000000306. The SMILES string of the molecule is CC1CC(C#N)(Nc2ccc(I)cc2)CCN1C(=O)OC(C)(C)C.CC1CCN(C(=O)OC(C)(C)C)C(=O)C1. The number of likely N-dealkylation sites (tertiary alicyclic amines) is 2. The molecule has 2 saturated heterocycles. The van der Waals surface area contributed by atoms with E-state index in [1.165, 1.54) is 4.90 Å². The van der Waals surface area contributed by atoms with Crippen molar-refractivity contribution in [2.75, 3.05) is 18.4 Å². The molecule has 1 aromatic rings. The molecule has 2 aliphatic heterocycles. The van der Waals surface area contributed by atoms with Gasteiger partial charge in [-0.15, -0.1) is 0 Å². The van der Waals surface area contributed by atoms with Crippen LogP contribution < -0.4 is 5.32 Å². The second kappa shape index (κ2) is 13.2. The first-order valence-electron chi connectivity index (χ1n) is 13.4. The number of benzene rings is 1. The van der Waals surface area contributed by atoms with Gasteiger partial charge in [-0.05, 0) is 108 Å². The van der Waals surface area contributed by atoms with Gasteiger partial charge in [-0.3, -0.25) is 4.79 Å². The van der Waals surface area contributed by atoms with Gasteiger partial charge in [0.05, 0.1) is 6.07 Å². The molecule has 2 heterocycles. The number of carbonyl (C=O) groups is 3. The van der Waals surface area contributed by atoms with Crippen LogP contribution >= 0.6 is 22.6 Å². The standard InChI is InChI=1S/C18H24IN3O2.C11H19NO3/c1-13-11-18(12-20,21-15-7-5-14(19)6-8-15)9-10-22(13)16(23)24-17(2,3)4;1-8-5-6-12(9(13)7-8)10(14)15-11(2,3)4/h5-8,13,21H,9-11H2,1-4H3;8H,5-7H2,1-4H3. The Kier molecular flexibility index (Phi) is 11.1. The molecule has 3 unspecified atom stereocenters. The van der Waals surface area contributed by atoms with Crippen LogP contribution in [-0.4, -0.2) is 63.8 Å². The van der Waals surface area contributed by atoms with Gasteiger partial charge in [-0.2, -0.15) is 5.26 Å². The smallest absolute Gasteiger partial charge is 0.417 e. The van der Waals surface area contributed by atoms with Gasteiger partial charge >= 0.3 is 12.2 Å². The molecule has 0 saturated carbocycles. The summed E-state index contributed by atoms with van der Waals surface area (Å²) in [6.45, 7) is 15.9. The van der Waals surface area contributed by atoms with E-state index in [1.807, 2.05) is 58.9 Å². The van der Waals surface area contributed by atoms with E-state index >= 15 is 0 Å². The van der Waals surface area contributed by atoms with Crippen molar-refractivity contribution in [3.63, 3.8) is 0 Å². The van der Waals surface area contributed by atoms with Gasteiger partial charge in [0.25, 0.3) is 0 Å². The van der Waals surface area contributed by atoms with Gasteiger partial charge in [0.2, 0.25) is 5.91 Å². The van der Waals surface area contributed by atoms with Crippen LogP contribution in [0.4, 0.5) is 15.3 Å². The van der Waals surface area contributed by atoms with E-state index in [0.29, 0.717) is 38.3 Å². The summed E-state index contributed by atoms with van der Waals surface area (Å²) in [5.74, 6) is 0.249. The fraction of sp³-hybridized carbons (Fsp3) is 0.655. The lowest BCUT2D eigenvalue weighted by atomic mass is 9.84. The Morgan fingerprint density at radius 3 is 2.08 bits per heavy atom. The molecule has 3 rings (SSSR count). The van der Waals surface area contributed by atoms with Crippen LogP contribution in [0.15, 0.2) is 24.3 Å². The van der Waals surface area contributed by atoms with Gasteiger partial charge < -0.3 is 19.7 Å². The van der Waals surface area contributed by atoms with Crippen molar-refractivity contribution in [3.05, 3.63) is 27.8 Å². The highest BCUT2D eigenvalue weighted by Crippen LogP contribution is 2.31. The van der Waals surface area contributed by atoms with Crippen LogP contribution in [0.3, 0.4) is 0 Å². The summed E-state index contributed by atoms with van der Waals surface area (Å²) in [5, 5.41) is 13.1. The number of rotatable bonds is 2. The zero-order valence-electron chi connectivity index (χ0n) is 24.5. The molecular formula is C29H43IN4O5. The molecule has 9 nitrogen and oxygen atoms in total. The maximum absolute atomic E-state index is 12.3. The van der Waals surface area contributed by atoms with Crippen LogP contribution in [-0.2, 0) is 14.3 Å². The lowest BCUT2D eigenvalue weighted by molar-refractivity contribution is -0.133. The van der Waals surface area contributed by atoms with Gasteiger partial charge in [-0.25, -0.2) is 14.5 Å². The fourth-order valence-corrected chi connectivity index (χ4v) is 4.75. The molecule has 2 aliphatic rings. The van der Waals surface area contributed by atoms with Gasteiger partial charge in [-0.1, -0.05) is 6.92 Å². The van der Waals surface area contributed by atoms with Gasteiger partial charge in [0, 0.05) is 47.7 Å². The largest absolute Gasteiger partial charge is 0.444 e. The Labute approximate surface area is 246 Å². The van der Waals surface area contributed by atoms with Gasteiger partial charge in [0.1, 0.15) is 16.7 Å². The van der Waals surface area contributed by atoms with Crippen molar-refractivity contribution in [2.24, 2.45) is 5.92 Å². The molecule has 0 aliphatic carbocycles. The number of ether oxygens (including phenoxy) is 2. The monoisotopic (exact) mass is 654 g/mol. The first-order chi connectivity index (χ1) is 17.9. The summed E-state index contributed by atoms with van der Waals surface area (Å²) in [6.07, 6.45) is 1.62. The summed E-state index contributed by atoms with van der Waals surface area (Å²) >= 11 is 2.25. The predicted molar refractivity (Wildman–Crippen MR) is 159 cm³/mol. The number of piperidine rings is 2. The zero-order valence-corrected chi connectivity index (χ0v) is 26.6. The number of imide groups is 1. The summed E-state index contributed by atoms with van der Waals surface area (Å²) in [7, 11) is 0. The minimum atomic E-state index is -0.662. The second-order valence-electron chi connectivity index (χ2n) is 12.4. The van der Waals surface area contributed by atoms with Crippen molar-refractivity contribution in [1.29, 1.82) is 5.26 Å². The second-order valence-corrected chi connectivity index (χ2v) is 13.7. The van der Waals surface area contributed by atoms with E-state index in [0.717, 1.165) is 15.7 Å². The van der Waals surface area contributed by atoms with Crippen molar-refractivity contribution in [3.8, 4) is 6.07 Å². The predicted octanol–water partition coefficient (Wildman–Crippen LogP) is 6.56. The Hall–Kier alpha value is -2.55. The number of carbonyl (C=O) groups excluding carboxylic acids is 3. The highest BCUT2D eigenvalue weighted by Gasteiger charge is 2.41. The third-order valence-electron chi connectivity index (χ3n) is 6.31. The topological polar surface area (TPSA) is 112 Å². The first kappa shape index (κ1) is 32.7. The maximum atomic E-state index is 12.3. The highest BCUT2D eigenvalue weighted by atomic mass is 127. The van der Waals surface area contributed by atoms with Crippen LogP contribution in [0, 0.1) is 20.8 Å². The van der Waals surface area contributed by atoms with Crippen molar-refractivity contribution >= 4 is 46.4 Å². The number of halogens is 1. The molecule has 39 heavy (non-hydrogen) atoms. The average Bonchev–Trinajstić information content (AvgIpc) is 2.78. The van der Waals surface area contributed by atoms with Crippen LogP contribution in [0.1, 0.15) is 81.1 Å². The van der Waals surface area contributed by atoms with Crippen molar-refractivity contribution in [1.82, 2.24) is 9.80 Å². The van der Waals surface area contributed by atoms with Crippen LogP contribution in [0.25, 0.3) is 0 Å². The Morgan fingerprint density at radius 1 is 1.03 bits per heavy atom. The number of hydrogen-bond donors (Lipinski definition) is 1. The van der Waals surface area contributed by atoms with Crippen LogP contribution in [0.2, 0.25) is 0 Å². The van der Waals surface area contributed by atoms with E-state index in [9.17, 15) is 19.6 Å². The van der Waals surface area contributed by atoms with E-state index in [-0.39, 0.29) is 18.0 Å². The molecule has 0 bridgehead atoms. The number of amides is 3. The molecule has 0 radical (unpaired) electrons. The maximum Gasteiger partial charge on any atom is 0.417 e. The Bertz CT molecular complexity index is 1060.